The van der Waals surface area contributed by atoms with Crippen LogP contribution in [0, 0.1) is 5.92 Å². The van der Waals surface area contributed by atoms with Gasteiger partial charge in [0.2, 0.25) is 5.79 Å². The van der Waals surface area contributed by atoms with Crippen LogP contribution in [-0.2, 0) is 38.1 Å². The summed E-state index contributed by atoms with van der Waals surface area (Å²) in [4.78, 5) is 33.6. The van der Waals surface area contributed by atoms with Gasteiger partial charge in [0.25, 0.3) is 0 Å². The summed E-state index contributed by atoms with van der Waals surface area (Å²) in [6.07, 6.45) is -1.67. The second kappa shape index (κ2) is 5.98. The van der Waals surface area contributed by atoms with Crippen molar-refractivity contribution in [1.82, 2.24) is 0 Å². The lowest BCUT2D eigenvalue weighted by Crippen LogP contribution is -2.69. The maximum absolute atomic E-state index is 11.3. The van der Waals surface area contributed by atoms with Gasteiger partial charge in [0.15, 0.2) is 12.2 Å². The average Bonchev–Trinajstić information content (AvgIpc) is 2.40. The van der Waals surface area contributed by atoms with Crippen molar-refractivity contribution in [2.45, 2.75) is 38.8 Å². The Morgan fingerprint density at radius 3 is 2.05 bits per heavy atom. The van der Waals surface area contributed by atoms with E-state index in [0.717, 1.165) is 0 Å². The molecule has 8 nitrogen and oxygen atoms in total. The molecule has 0 N–H and O–H groups in total. The number of carbonyl (C=O) groups excluding carboxylic acids is 3. The molecule has 0 aliphatic carbocycles. The molecule has 3 aliphatic heterocycles. The van der Waals surface area contributed by atoms with Gasteiger partial charge in [-0.25, -0.2) is 0 Å². The third-order valence-corrected chi connectivity index (χ3v) is 3.35. The molecule has 3 saturated heterocycles. The lowest BCUT2D eigenvalue weighted by molar-refractivity contribution is -0.388. The van der Waals surface area contributed by atoms with E-state index in [1.165, 1.54) is 20.8 Å². The van der Waals surface area contributed by atoms with Crippen LogP contribution in [0.4, 0.5) is 0 Å². The topological polar surface area (TPSA) is 97.4 Å². The second-order valence-corrected chi connectivity index (χ2v) is 5.08. The maximum Gasteiger partial charge on any atom is 0.303 e. The summed E-state index contributed by atoms with van der Waals surface area (Å²) >= 11 is 0. The molecule has 0 saturated carbocycles. The predicted molar refractivity (Wildman–Crippen MR) is 65.9 cm³/mol. The van der Waals surface area contributed by atoms with Crippen molar-refractivity contribution in [3.05, 3.63) is 0 Å². The summed E-state index contributed by atoms with van der Waals surface area (Å²) in [5.41, 5.74) is 0. The normalized spacial score (nSPS) is 34.1. The van der Waals surface area contributed by atoms with Gasteiger partial charge in [0, 0.05) is 26.7 Å². The average molecular weight is 302 g/mol. The molecule has 8 heteroatoms. The Morgan fingerprint density at radius 2 is 1.57 bits per heavy atom. The van der Waals surface area contributed by atoms with Gasteiger partial charge in [-0.3, -0.25) is 14.4 Å². The first kappa shape index (κ1) is 15.7. The molecule has 0 aromatic heterocycles. The first-order chi connectivity index (χ1) is 9.84. The van der Waals surface area contributed by atoms with Gasteiger partial charge in [-0.05, 0) is 0 Å². The molecule has 3 rings (SSSR count). The van der Waals surface area contributed by atoms with Crippen LogP contribution in [0.25, 0.3) is 0 Å². The fraction of sp³-hybridized carbons (Fsp3) is 0.769. The molecule has 3 heterocycles. The predicted octanol–water partition coefficient (Wildman–Crippen LogP) is -0.214. The Balaban J connectivity index is 2.24. The monoisotopic (exact) mass is 302 g/mol. The van der Waals surface area contributed by atoms with Crippen molar-refractivity contribution >= 4 is 17.9 Å². The number of hydrogen-bond donors (Lipinski definition) is 0. The van der Waals surface area contributed by atoms with Crippen LogP contribution >= 0.6 is 0 Å². The van der Waals surface area contributed by atoms with Crippen molar-refractivity contribution in [3.63, 3.8) is 0 Å². The highest BCUT2D eigenvalue weighted by atomic mass is 16.8. The van der Waals surface area contributed by atoms with Crippen LogP contribution in [-0.4, -0.2) is 55.7 Å². The summed E-state index contributed by atoms with van der Waals surface area (Å²) in [7, 11) is 0. The largest absolute Gasteiger partial charge is 0.460 e. The van der Waals surface area contributed by atoms with Crippen molar-refractivity contribution in [3.8, 4) is 0 Å². The van der Waals surface area contributed by atoms with Crippen LogP contribution in [0.3, 0.4) is 0 Å². The fourth-order valence-corrected chi connectivity index (χ4v) is 2.49. The molecule has 21 heavy (non-hydrogen) atoms. The number of esters is 3. The SMILES string of the molecule is CC(=O)OCC12OCC(CO1)[C@@H](OC(C)=O)[C@@H]2OC(C)=O. The standard InChI is InChI=1S/C13H18O8/c1-7(14)17-6-13-12(21-9(3)16)11(20-8(2)15)10(4-18-13)5-19-13/h10-12H,4-6H2,1-3H3/t10?,11-,12+,13?/m1/s1. The van der Waals surface area contributed by atoms with Crippen LogP contribution < -0.4 is 0 Å². The number of carbonyl (C=O) groups is 3. The van der Waals surface area contributed by atoms with Crippen molar-refractivity contribution in [2.75, 3.05) is 19.8 Å². The highest BCUT2D eigenvalue weighted by Gasteiger charge is 2.60. The summed E-state index contributed by atoms with van der Waals surface area (Å²) in [6.45, 7) is 4.02. The summed E-state index contributed by atoms with van der Waals surface area (Å²) in [5, 5.41) is 0. The Bertz CT molecular complexity index is 437. The van der Waals surface area contributed by atoms with E-state index in [4.69, 9.17) is 23.7 Å². The van der Waals surface area contributed by atoms with E-state index in [1.54, 1.807) is 0 Å². The molecule has 0 spiro atoms. The van der Waals surface area contributed by atoms with Gasteiger partial charge in [-0.1, -0.05) is 0 Å². The molecule has 3 fully saturated rings. The third kappa shape index (κ3) is 3.33. The van der Waals surface area contributed by atoms with Crippen molar-refractivity contribution < 1.29 is 38.1 Å². The highest BCUT2D eigenvalue weighted by molar-refractivity contribution is 5.68. The minimum atomic E-state index is -1.44. The van der Waals surface area contributed by atoms with Gasteiger partial charge in [-0.2, -0.15) is 0 Å². The molecule has 3 aliphatic rings. The Kier molecular flexibility index (Phi) is 4.48. The molecule has 2 atom stereocenters. The molecule has 0 aromatic carbocycles. The van der Waals surface area contributed by atoms with E-state index in [1.807, 2.05) is 0 Å². The summed E-state index contributed by atoms with van der Waals surface area (Å²) < 4.78 is 26.6. The molecular weight excluding hydrogens is 284 g/mol. The second-order valence-electron chi connectivity index (χ2n) is 5.08. The lowest BCUT2D eigenvalue weighted by atomic mass is 9.87. The van der Waals surface area contributed by atoms with Crippen molar-refractivity contribution in [2.24, 2.45) is 5.92 Å². The number of ether oxygens (including phenoxy) is 5. The Morgan fingerprint density at radius 1 is 1.00 bits per heavy atom. The van der Waals surface area contributed by atoms with E-state index < -0.39 is 35.9 Å². The van der Waals surface area contributed by atoms with Crippen LogP contribution in [0.2, 0.25) is 0 Å². The summed E-state index contributed by atoms with van der Waals surface area (Å²) in [5.74, 6) is -3.26. The zero-order valence-corrected chi connectivity index (χ0v) is 12.1. The van der Waals surface area contributed by atoms with Gasteiger partial charge in [0.05, 0.1) is 13.2 Å². The van der Waals surface area contributed by atoms with Crippen molar-refractivity contribution in [1.29, 1.82) is 0 Å². The third-order valence-electron chi connectivity index (χ3n) is 3.35. The quantitative estimate of drug-likeness (QED) is 0.519. The van der Waals surface area contributed by atoms with Crippen LogP contribution in [0.1, 0.15) is 20.8 Å². The lowest BCUT2D eigenvalue weighted by Gasteiger charge is -2.52. The van der Waals surface area contributed by atoms with E-state index >= 15 is 0 Å². The fourth-order valence-electron chi connectivity index (χ4n) is 2.49. The highest BCUT2D eigenvalue weighted by Crippen LogP contribution is 2.40. The summed E-state index contributed by atoms with van der Waals surface area (Å²) in [6, 6.07) is 0. The minimum absolute atomic E-state index is 0.238. The Labute approximate surface area is 121 Å². The smallest absolute Gasteiger partial charge is 0.303 e. The zero-order chi connectivity index (χ0) is 15.6. The number of fused-ring (bicyclic) bond motifs is 3. The minimum Gasteiger partial charge on any atom is -0.460 e. The van der Waals surface area contributed by atoms with E-state index in [0.29, 0.717) is 0 Å². The number of rotatable bonds is 4. The Hall–Kier alpha value is -1.67. The molecular formula is C13H18O8. The molecule has 118 valence electrons. The molecule has 0 aromatic rings. The molecule has 0 unspecified atom stereocenters. The first-order valence-electron chi connectivity index (χ1n) is 6.60. The van der Waals surface area contributed by atoms with Gasteiger partial charge in [0.1, 0.15) is 6.61 Å². The van der Waals surface area contributed by atoms with Gasteiger partial charge >= 0.3 is 17.9 Å². The molecule has 0 amide bonds. The van der Waals surface area contributed by atoms with Crippen LogP contribution in [0.15, 0.2) is 0 Å². The maximum atomic E-state index is 11.3. The van der Waals surface area contributed by atoms with Gasteiger partial charge < -0.3 is 23.7 Å². The van der Waals surface area contributed by atoms with Gasteiger partial charge in [-0.15, -0.1) is 0 Å². The number of hydrogen-bond acceptors (Lipinski definition) is 8. The molecule has 2 bridgehead atoms. The van der Waals surface area contributed by atoms with E-state index in [-0.39, 0.29) is 25.7 Å². The van der Waals surface area contributed by atoms with Crippen LogP contribution in [0.5, 0.6) is 0 Å². The molecule has 0 radical (unpaired) electrons. The van der Waals surface area contributed by atoms with E-state index in [2.05, 4.69) is 0 Å². The van der Waals surface area contributed by atoms with E-state index in [9.17, 15) is 14.4 Å². The first-order valence-corrected chi connectivity index (χ1v) is 6.60. The zero-order valence-electron chi connectivity index (χ0n) is 12.1.